The zero-order valence-corrected chi connectivity index (χ0v) is 11.8. The van der Waals surface area contributed by atoms with Crippen LogP contribution in [0.25, 0.3) is 0 Å². The normalized spacial score (nSPS) is 13.2. The first-order valence-corrected chi connectivity index (χ1v) is 6.56. The highest BCUT2D eigenvalue weighted by Crippen LogP contribution is 2.18. The van der Waals surface area contributed by atoms with E-state index in [0.29, 0.717) is 12.6 Å². The van der Waals surface area contributed by atoms with Gasteiger partial charge in [-0.05, 0) is 26.8 Å². The van der Waals surface area contributed by atoms with E-state index in [1.165, 1.54) is 0 Å². The molecule has 17 heavy (non-hydrogen) atoms. The van der Waals surface area contributed by atoms with Gasteiger partial charge in [-0.2, -0.15) is 5.10 Å². The standard InChI is InChI=1S/C11H16BrN5/c1-8(2)17-5-4-10(14-17)6-16-7-11(9(3)12)13-15-16/h4-5,7-9H,6H2,1-3H3. The molecule has 2 rings (SSSR count). The van der Waals surface area contributed by atoms with Crippen molar-refractivity contribution in [3.05, 3.63) is 29.8 Å². The van der Waals surface area contributed by atoms with Crippen molar-refractivity contribution in [3.63, 3.8) is 0 Å². The molecule has 0 aromatic carbocycles. The summed E-state index contributed by atoms with van der Waals surface area (Å²) in [5.41, 5.74) is 1.94. The summed E-state index contributed by atoms with van der Waals surface area (Å²) < 4.78 is 3.75. The first-order valence-electron chi connectivity index (χ1n) is 5.64. The van der Waals surface area contributed by atoms with Crippen LogP contribution in [0, 0.1) is 0 Å². The van der Waals surface area contributed by atoms with E-state index in [9.17, 15) is 0 Å². The molecule has 0 spiro atoms. The number of halogens is 1. The number of aromatic nitrogens is 5. The molecule has 6 heteroatoms. The molecule has 0 saturated heterocycles. The Hall–Kier alpha value is -1.17. The third-order valence-electron chi connectivity index (χ3n) is 2.48. The van der Waals surface area contributed by atoms with Gasteiger partial charge in [0.05, 0.1) is 29.0 Å². The van der Waals surface area contributed by atoms with Crippen molar-refractivity contribution in [1.82, 2.24) is 24.8 Å². The summed E-state index contributed by atoms with van der Waals surface area (Å²) in [5, 5.41) is 12.6. The van der Waals surface area contributed by atoms with Gasteiger partial charge in [-0.15, -0.1) is 5.10 Å². The Balaban J connectivity index is 2.08. The van der Waals surface area contributed by atoms with Crippen LogP contribution in [0.2, 0.25) is 0 Å². The Labute approximate surface area is 109 Å². The van der Waals surface area contributed by atoms with E-state index in [1.54, 1.807) is 4.68 Å². The van der Waals surface area contributed by atoms with E-state index >= 15 is 0 Å². The van der Waals surface area contributed by atoms with Crippen LogP contribution < -0.4 is 0 Å². The van der Waals surface area contributed by atoms with E-state index in [4.69, 9.17) is 0 Å². The fourth-order valence-corrected chi connectivity index (χ4v) is 1.70. The summed E-state index contributed by atoms with van der Waals surface area (Å²) in [4.78, 5) is 0.226. The summed E-state index contributed by atoms with van der Waals surface area (Å²) in [5.74, 6) is 0. The van der Waals surface area contributed by atoms with Gasteiger partial charge in [0.25, 0.3) is 0 Å². The maximum absolute atomic E-state index is 4.48. The Morgan fingerprint density at radius 3 is 2.65 bits per heavy atom. The number of hydrogen-bond acceptors (Lipinski definition) is 3. The predicted octanol–water partition coefficient (Wildman–Crippen LogP) is 2.56. The second-order valence-electron chi connectivity index (χ2n) is 4.34. The third kappa shape index (κ3) is 2.94. The molecule has 5 nitrogen and oxygen atoms in total. The molecule has 92 valence electrons. The summed E-state index contributed by atoms with van der Waals surface area (Å²) in [6, 6.07) is 2.40. The monoisotopic (exact) mass is 297 g/mol. The molecule has 0 aliphatic heterocycles. The van der Waals surface area contributed by atoms with Crippen LogP contribution in [-0.4, -0.2) is 24.8 Å². The molecule has 2 heterocycles. The average molecular weight is 298 g/mol. The number of hydrogen-bond donors (Lipinski definition) is 0. The van der Waals surface area contributed by atoms with Gasteiger partial charge in [-0.25, -0.2) is 4.68 Å². The van der Waals surface area contributed by atoms with Crippen molar-refractivity contribution in [2.45, 2.75) is 38.2 Å². The van der Waals surface area contributed by atoms with Crippen LogP contribution in [0.5, 0.6) is 0 Å². The van der Waals surface area contributed by atoms with E-state index in [2.05, 4.69) is 45.2 Å². The number of alkyl halides is 1. The topological polar surface area (TPSA) is 48.5 Å². The highest BCUT2D eigenvalue weighted by atomic mass is 79.9. The molecule has 2 aromatic rings. The van der Waals surface area contributed by atoms with Gasteiger partial charge in [0.2, 0.25) is 0 Å². The third-order valence-corrected chi connectivity index (χ3v) is 2.95. The van der Waals surface area contributed by atoms with E-state index in [-0.39, 0.29) is 4.83 Å². The van der Waals surface area contributed by atoms with Crippen LogP contribution >= 0.6 is 15.9 Å². The lowest BCUT2D eigenvalue weighted by molar-refractivity contribution is 0.519. The van der Waals surface area contributed by atoms with E-state index < -0.39 is 0 Å². The highest BCUT2D eigenvalue weighted by molar-refractivity contribution is 9.09. The molecular formula is C11H16BrN5. The molecule has 0 aliphatic rings. The van der Waals surface area contributed by atoms with Crippen molar-refractivity contribution in [1.29, 1.82) is 0 Å². The Kier molecular flexibility index (Phi) is 3.61. The largest absolute Gasteiger partial charge is 0.270 e. The minimum atomic E-state index is 0.226. The lowest BCUT2D eigenvalue weighted by atomic mass is 10.4. The molecule has 0 saturated carbocycles. The van der Waals surface area contributed by atoms with Crippen molar-refractivity contribution in [3.8, 4) is 0 Å². The van der Waals surface area contributed by atoms with Crippen LogP contribution in [0.4, 0.5) is 0 Å². The molecule has 0 fully saturated rings. The minimum Gasteiger partial charge on any atom is -0.270 e. The lowest BCUT2D eigenvalue weighted by Crippen LogP contribution is -2.05. The summed E-state index contributed by atoms with van der Waals surface area (Å²) in [6.07, 6.45) is 3.93. The van der Waals surface area contributed by atoms with Gasteiger partial charge < -0.3 is 0 Å². The van der Waals surface area contributed by atoms with Crippen molar-refractivity contribution in [2.24, 2.45) is 0 Å². The van der Waals surface area contributed by atoms with Gasteiger partial charge in [0, 0.05) is 12.2 Å². The second-order valence-corrected chi connectivity index (χ2v) is 5.71. The average Bonchev–Trinajstić information content (AvgIpc) is 2.87. The molecule has 0 bridgehead atoms. The fourth-order valence-electron chi connectivity index (χ4n) is 1.49. The van der Waals surface area contributed by atoms with Crippen LogP contribution in [0.1, 0.15) is 43.0 Å². The van der Waals surface area contributed by atoms with Crippen LogP contribution in [0.3, 0.4) is 0 Å². The number of rotatable bonds is 4. The van der Waals surface area contributed by atoms with Gasteiger partial charge in [-0.3, -0.25) is 4.68 Å². The van der Waals surface area contributed by atoms with Crippen molar-refractivity contribution >= 4 is 15.9 Å². The molecular weight excluding hydrogens is 282 g/mol. The smallest absolute Gasteiger partial charge is 0.0960 e. The summed E-state index contributed by atoms with van der Waals surface area (Å²) in [7, 11) is 0. The first-order chi connectivity index (χ1) is 8.06. The number of nitrogens with zero attached hydrogens (tertiary/aromatic N) is 5. The predicted molar refractivity (Wildman–Crippen MR) is 69.1 cm³/mol. The summed E-state index contributed by atoms with van der Waals surface area (Å²) in [6.45, 7) is 6.90. The maximum atomic E-state index is 4.48. The van der Waals surface area contributed by atoms with Crippen molar-refractivity contribution < 1.29 is 0 Å². The molecule has 0 aliphatic carbocycles. The molecule has 2 aromatic heterocycles. The highest BCUT2D eigenvalue weighted by Gasteiger charge is 2.08. The Morgan fingerprint density at radius 1 is 1.35 bits per heavy atom. The van der Waals surface area contributed by atoms with E-state index in [0.717, 1.165) is 11.4 Å². The van der Waals surface area contributed by atoms with Gasteiger partial charge in [0.15, 0.2) is 0 Å². The van der Waals surface area contributed by atoms with Crippen LogP contribution in [-0.2, 0) is 6.54 Å². The zero-order chi connectivity index (χ0) is 12.4. The lowest BCUT2D eigenvalue weighted by Gasteiger charge is -2.03. The van der Waals surface area contributed by atoms with Gasteiger partial charge in [0.1, 0.15) is 0 Å². The van der Waals surface area contributed by atoms with E-state index in [1.807, 2.05) is 30.1 Å². The quantitative estimate of drug-likeness (QED) is 0.815. The SMILES string of the molecule is CC(Br)c1cn(Cc2ccn(C(C)C)n2)nn1. The van der Waals surface area contributed by atoms with Gasteiger partial charge >= 0.3 is 0 Å². The molecule has 0 amide bonds. The Morgan fingerprint density at radius 2 is 2.12 bits per heavy atom. The summed E-state index contributed by atoms with van der Waals surface area (Å²) >= 11 is 3.47. The Bertz CT molecular complexity index is 441. The molecule has 1 unspecified atom stereocenters. The zero-order valence-electron chi connectivity index (χ0n) is 10.2. The first kappa shape index (κ1) is 12.3. The molecule has 0 N–H and O–H groups in total. The second kappa shape index (κ2) is 5.00. The minimum absolute atomic E-state index is 0.226. The molecule has 1 atom stereocenters. The molecule has 0 radical (unpaired) electrons. The van der Waals surface area contributed by atoms with Crippen molar-refractivity contribution in [2.75, 3.05) is 0 Å². The maximum Gasteiger partial charge on any atom is 0.0960 e. The van der Waals surface area contributed by atoms with Crippen LogP contribution in [0.15, 0.2) is 18.5 Å². The fraction of sp³-hybridized carbons (Fsp3) is 0.545. The van der Waals surface area contributed by atoms with Gasteiger partial charge in [-0.1, -0.05) is 21.1 Å².